The highest BCUT2D eigenvalue weighted by Crippen LogP contribution is 2.34. The number of amides is 2. The number of hydrogen-bond donors (Lipinski definition) is 1. The summed E-state index contributed by atoms with van der Waals surface area (Å²) in [6.45, 7) is 8.32. The monoisotopic (exact) mass is 614 g/mol. The minimum atomic E-state index is -0.689. The van der Waals surface area contributed by atoms with Gasteiger partial charge in [0.15, 0.2) is 0 Å². The Labute approximate surface area is 261 Å². The van der Waals surface area contributed by atoms with E-state index in [1.54, 1.807) is 55.5 Å². The third kappa shape index (κ3) is 7.22. The van der Waals surface area contributed by atoms with Crippen LogP contribution in [-0.2, 0) is 4.74 Å². The Hall–Kier alpha value is -4.99. The molecular weight excluding hydrogens is 576 g/mol. The van der Waals surface area contributed by atoms with E-state index >= 15 is 0 Å². The van der Waals surface area contributed by atoms with E-state index in [0.29, 0.717) is 58.0 Å². The maximum absolute atomic E-state index is 13.3. The smallest absolute Gasteiger partial charge is 0.410 e. The van der Waals surface area contributed by atoms with Gasteiger partial charge in [-0.15, -0.1) is 0 Å². The lowest BCUT2D eigenvalue weighted by atomic mass is 10.0. The van der Waals surface area contributed by atoms with Crippen molar-refractivity contribution < 1.29 is 33.0 Å². The molecule has 45 heavy (non-hydrogen) atoms. The van der Waals surface area contributed by atoms with E-state index in [1.807, 2.05) is 52.0 Å². The summed E-state index contributed by atoms with van der Waals surface area (Å²) >= 11 is 0. The molecule has 1 N–H and O–H groups in total. The van der Waals surface area contributed by atoms with Crippen molar-refractivity contribution in [3.8, 4) is 28.4 Å². The molecule has 0 bridgehead atoms. The minimum Gasteiger partial charge on any atom is -0.497 e. The first kappa shape index (κ1) is 31.4. The molecular formula is C35H38N2O8. The number of methoxy groups -OCH3 is 2. The average molecular weight is 615 g/mol. The fraction of sp³-hybridized carbons (Fsp3) is 0.343. The predicted molar refractivity (Wildman–Crippen MR) is 172 cm³/mol. The van der Waals surface area contributed by atoms with Gasteiger partial charge in [0.2, 0.25) is 0 Å². The largest absolute Gasteiger partial charge is 0.497 e. The van der Waals surface area contributed by atoms with Crippen LogP contribution in [0.4, 0.5) is 10.5 Å². The molecule has 1 fully saturated rings. The number of carbonyl (C=O) groups is 2. The highest BCUT2D eigenvalue weighted by Gasteiger charge is 2.29. The summed E-state index contributed by atoms with van der Waals surface area (Å²) in [4.78, 5) is 40.6. The number of carbonyl (C=O) groups excluding carboxylic acids is 2. The predicted octanol–water partition coefficient (Wildman–Crippen LogP) is 6.82. The van der Waals surface area contributed by atoms with Gasteiger partial charge >= 0.3 is 11.7 Å². The first-order valence-corrected chi connectivity index (χ1v) is 14.8. The SMILES string of the molecule is COc1cccc(-c2cc(C(=O)Nc3cc4ccc(OC5CCCN(C(=O)OC(C)(C)C)C5)c(C)c4oc3=O)ccc2OC)c1. The van der Waals surface area contributed by atoms with Gasteiger partial charge in [0.05, 0.1) is 20.8 Å². The number of fused-ring (bicyclic) bond motifs is 1. The molecule has 4 aromatic rings. The van der Waals surface area contributed by atoms with E-state index in [0.717, 1.165) is 18.4 Å². The molecule has 0 aliphatic carbocycles. The van der Waals surface area contributed by atoms with Gasteiger partial charge in [0.1, 0.15) is 40.2 Å². The molecule has 3 aromatic carbocycles. The van der Waals surface area contributed by atoms with Crippen molar-refractivity contribution in [2.24, 2.45) is 0 Å². The molecule has 10 nitrogen and oxygen atoms in total. The van der Waals surface area contributed by atoms with Crippen molar-refractivity contribution in [3.63, 3.8) is 0 Å². The quantitative estimate of drug-likeness (QED) is 0.226. The molecule has 1 aliphatic heterocycles. The molecule has 0 spiro atoms. The van der Waals surface area contributed by atoms with E-state index in [2.05, 4.69) is 5.32 Å². The molecule has 5 rings (SSSR count). The highest BCUT2D eigenvalue weighted by molar-refractivity contribution is 6.05. The summed E-state index contributed by atoms with van der Waals surface area (Å²) in [6, 6.07) is 17.6. The van der Waals surface area contributed by atoms with E-state index in [9.17, 15) is 14.4 Å². The fourth-order valence-electron chi connectivity index (χ4n) is 5.29. The molecule has 2 heterocycles. The van der Waals surface area contributed by atoms with Gasteiger partial charge in [-0.1, -0.05) is 12.1 Å². The van der Waals surface area contributed by atoms with Crippen molar-refractivity contribution in [1.82, 2.24) is 4.90 Å². The van der Waals surface area contributed by atoms with Crippen molar-refractivity contribution in [2.75, 3.05) is 32.6 Å². The lowest BCUT2D eigenvalue weighted by Gasteiger charge is -2.34. The second kappa shape index (κ2) is 12.9. The normalized spacial score (nSPS) is 15.0. The first-order valence-electron chi connectivity index (χ1n) is 14.8. The average Bonchev–Trinajstić information content (AvgIpc) is 3.02. The van der Waals surface area contributed by atoms with Gasteiger partial charge in [0, 0.05) is 28.6 Å². The number of anilines is 1. The molecule has 1 aromatic heterocycles. The maximum atomic E-state index is 13.3. The van der Waals surface area contributed by atoms with Gasteiger partial charge in [-0.25, -0.2) is 9.59 Å². The highest BCUT2D eigenvalue weighted by atomic mass is 16.6. The van der Waals surface area contributed by atoms with Crippen LogP contribution in [0.5, 0.6) is 17.2 Å². The summed E-state index contributed by atoms with van der Waals surface area (Å²) in [6.07, 6.45) is 0.956. The molecule has 0 saturated carbocycles. The van der Waals surface area contributed by atoms with Gasteiger partial charge in [-0.3, -0.25) is 4.79 Å². The van der Waals surface area contributed by atoms with Crippen LogP contribution in [0.2, 0.25) is 0 Å². The molecule has 2 amide bonds. The van der Waals surface area contributed by atoms with E-state index in [-0.39, 0.29) is 17.9 Å². The number of likely N-dealkylation sites (tertiary alicyclic amines) is 1. The topological polar surface area (TPSA) is 117 Å². The second-order valence-electron chi connectivity index (χ2n) is 12.0. The number of aryl methyl sites for hydroxylation is 1. The second-order valence-corrected chi connectivity index (χ2v) is 12.0. The zero-order chi connectivity index (χ0) is 32.3. The summed E-state index contributed by atoms with van der Waals surface area (Å²) in [5.74, 6) is 1.34. The lowest BCUT2D eigenvalue weighted by Crippen LogP contribution is -2.46. The minimum absolute atomic E-state index is 0.0135. The van der Waals surface area contributed by atoms with Gasteiger partial charge in [-0.05, 0) is 94.6 Å². The molecule has 1 unspecified atom stereocenters. The Bertz CT molecular complexity index is 1790. The van der Waals surface area contributed by atoms with Crippen LogP contribution in [0, 0.1) is 6.92 Å². The van der Waals surface area contributed by atoms with Crippen molar-refractivity contribution in [2.45, 2.75) is 52.2 Å². The van der Waals surface area contributed by atoms with E-state index in [1.165, 1.54) is 0 Å². The van der Waals surface area contributed by atoms with Crippen LogP contribution in [0.15, 0.2) is 69.9 Å². The Morgan fingerprint density at radius 3 is 2.49 bits per heavy atom. The number of rotatable bonds is 7. The van der Waals surface area contributed by atoms with Gasteiger partial charge < -0.3 is 33.6 Å². The van der Waals surface area contributed by atoms with E-state index < -0.39 is 17.1 Å². The van der Waals surface area contributed by atoms with Crippen LogP contribution in [0.1, 0.15) is 49.5 Å². The lowest BCUT2D eigenvalue weighted by molar-refractivity contribution is 0.00769. The molecule has 1 saturated heterocycles. The standard InChI is InChI=1S/C35H38N2O8/c1-21-29(43-26-11-8-16-37(20-26)34(40)45-35(2,3)4)14-12-23-19-28(33(39)44-31(21)23)36-32(38)24-13-15-30(42-6)27(18-24)22-9-7-10-25(17-22)41-5/h7,9-10,12-15,17-19,26H,8,11,16,20H2,1-6H3,(H,36,38). The number of ether oxygens (including phenoxy) is 4. The van der Waals surface area contributed by atoms with Crippen molar-refractivity contribution in [1.29, 1.82) is 0 Å². The van der Waals surface area contributed by atoms with Crippen LogP contribution in [-0.4, -0.2) is 55.9 Å². The molecule has 1 atom stereocenters. The number of benzene rings is 3. The molecule has 10 heteroatoms. The van der Waals surface area contributed by atoms with Gasteiger partial charge in [0.25, 0.3) is 5.91 Å². The summed E-state index contributed by atoms with van der Waals surface area (Å²) in [5, 5.41) is 3.32. The first-order chi connectivity index (χ1) is 21.5. The van der Waals surface area contributed by atoms with Crippen molar-refractivity contribution in [3.05, 3.63) is 82.2 Å². The Morgan fingerprint density at radius 1 is 0.978 bits per heavy atom. The number of nitrogens with one attached hydrogen (secondary N) is 1. The van der Waals surface area contributed by atoms with Gasteiger partial charge in [-0.2, -0.15) is 0 Å². The Morgan fingerprint density at radius 2 is 1.76 bits per heavy atom. The van der Waals surface area contributed by atoms with Crippen LogP contribution >= 0.6 is 0 Å². The third-order valence-electron chi connectivity index (χ3n) is 7.52. The molecule has 236 valence electrons. The van der Waals surface area contributed by atoms with Crippen molar-refractivity contribution >= 4 is 28.7 Å². The van der Waals surface area contributed by atoms with E-state index in [4.69, 9.17) is 23.4 Å². The Kier molecular flexibility index (Phi) is 9.04. The van der Waals surface area contributed by atoms with Crippen LogP contribution in [0.25, 0.3) is 22.1 Å². The molecule has 0 radical (unpaired) electrons. The fourth-order valence-corrected chi connectivity index (χ4v) is 5.29. The van der Waals surface area contributed by atoms with Crippen LogP contribution in [0.3, 0.4) is 0 Å². The number of piperidine rings is 1. The summed E-state index contributed by atoms with van der Waals surface area (Å²) < 4.78 is 28.4. The summed E-state index contributed by atoms with van der Waals surface area (Å²) in [7, 11) is 3.15. The zero-order valence-electron chi connectivity index (χ0n) is 26.4. The third-order valence-corrected chi connectivity index (χ3v) is 7.52. The maximum Gasteiger partial charge on any atom is 0.410 e. The number of nitrogens with zero attached hydrogens (tertiary/aromatic N) is 1. The Balaban J connectivity index is 1.34. The summed E-state index contributed by atoms with van der Waals surface area (Å²) in [5.41, 5.74) is 1.60. The molecule has 1 aliphatic rings. The number of hydrogen-bond acceptors (Lipinski definition) is 8. The van der Waals surface area contributed by atoms with Crippen LogP contribution < -0.4 is 25.2 Å². The zero-order valence-corrected chi connectivity index (χ0v) is 26.4.